The van der Waals surface area contributed by atoms with Gasteiger partial charge in [-0.25, -0.2) is 4.79 Å². The molecule has 1 atom stereocenters. The van der Waals surface area contributed by atoms with Crippen molar-refractivity contribution in [1.29, 1.82) is 0 Å². The largest absolute Gasteiger partial charge is 0.489 e. The van der Waals surface area contributed by atoms with E-state index in [0.29, 0.717) is 10.2 Å². The molecule has 15 heavy (non-hydrogen) atoms. The van der Waals surface area contributed by atoms with Gasteiger partial charge >= 0.3 is 5.97 Å². The highest BCUT2D eigenvalue weighted by Gasteiger charge is 2.31. The Labute approximate surface area is 95.6 Å². The smallest absolute Gasteiger partial charge is 0.339 e. The molecular formula is C10H11BrO4. The zero-order chi connectivity index (χ0) is 11.5. The quantitative estimate of drug-likeness (QED) is 0.877. The summed E-state index contributed by atoms with van der Waals surface area (Å²) in [7, 11) is 0. The Bertz CT molecular complexity index is 362. The van der Waals surface area contributed by atoms with E-state index in [0.717, 1.165) is 0 Å². The molecule has 0 aliphatic carbocycles. The van der Waals surface area contributed by atoms with Gasteiger partial charge in [0.2, 0.25) is 0 Å². The predicted octanol–water partition coefficient (Wildman–Crippen LogP) is 1.66. The third kappa shape index (κ3) is 3.21. The maximum absolute atomic E-state index is 10.6. The third-order valence-electron chi connectivity index (χ3n) is 1.81. The van der Waals surface area contributed by atoms with Crippen molar-refractivity contribution in [2.75, 3.05) is 6.61 Å². The van der Waals surface area contributed by atoms with E-state index >= 15 is 0 Å². The number of halogens is 1. The van der Waals surface area contributed by atoms with Gasteiger partial charge in [0.15, 0.2) is 5.60 Å². The molecule has 0 saturated carbocycles. The number of carboxylic acid groups (broad SMARTS) is 1. The van der Waals surface area contributed by atoms with Crippen LogP contribution in [0.25, 0.3) is 0 Å². The molecule has 0 aliphatic heterocycles. The molecule has 0 fully saturated rings. The summed E-state index contributed by atoms with van der Waals surface area (Å²) < 4.78 is 5.90. The number of ether oxygens (including phenoxy) is 1. The molecule has 1 aromatic carbocycles. The second-order valence-electron chi connectivity index (χ2n) is 3.30. The van der Waals surface area contributed by atoms with Crippen molar-refractivity contribution in [3.63, 3.8) is 0 Å². The highest BCUT2D eigenvalue weighted by Crippen LogP contribution is 2.24. The molecule has 0 aliphatic rings. The highest BCUT2D eigenvalue weighted by molar-refractivity contribution is 9.10. The lowest BCUT2D eigenvalue weighted by atomic mass is 10.1. The molecule has 5 heteroatoms. The summed E-state index contributed by atoms with van der Waals surface area (Å²) in [6.45, 7) is 0.886. The second-order valence-corrected chi connectivity index (χ2v) is 4.15. The highest BCUT2D eigenvalue weighted by atomic mass is 79.9. The van der Waals surface area contributed by atoms with Gasteiger partial charge in [0.25, 0.3) is 0 Å². The minimum atomic E-state index is -1.88. The number of hydrogen-bond acceptors (Lipinski definition) is 3. The monoisotopic (exact) mass is 274 g/mol. The zero-order valence-electron chi connectivity index (χ0n) is 8.11. The first-order valence-corrected chi connectivity index (χ1v) is 5.06. The number of aliphatic hydroxyl groups is 1. The average molecular weight is 275 g/mol. The summed E-state index contributed by atoms with van der Waals surface area (Å²) in [6.07, 6.45) is 0. The van der Waals surface area contributed by atoms with Gasteiger partial charge in [-0.1, -0.05) is 12.1 Å². The van der Waals surface area contributed by atoms with Crippen LogP contribution in [-0.4, -0.2) is 28.4 Å². The Hall–Kier alpha value is -1.07. The molecule has 0 amide bonds. The van der Waals surface area contributed by atoms with Crippen molar-refractivity contribution in [3.8, 4) is 5.75 Å². The van der Waals surface area contributed by atoms with Crippen LogP contribution in [0.4, 0.5) is 0 Å². The fourth-order valence-electron chi connectivity index (χ4n) is 0.842. The normalized spacial score (nSPS) is 14.3. The van der Waals surface area contributed by atoms with Crippen LogP contribution in [0.3, 0.4) is 0 Å². The molecule has 82 valence electrons. The summed E-state index contributed by atoms with van der Waals surface area (Å²) in [5.74, 6) is -0.812. The Morgan fingerprint density at radius 2 is 2.13 bits per heavy atom. The molecule has 2 N–H and O–H groups in total. The average Bonchev–Trinajstić information content (AvgIpc) is 2.16. The Morgan fingerprint density at radius 1 is 1.53 bits per heavy atom. The van der Waals surface area contributed by atoms with E-state index in [4.69, 9.17) is 9.84 Å². The van der Waals surface area contributed by atoms with Crippen molar-refractivity contribution in [2.45, 2.75) is 12.5 Å². The zero-order valence-corrected chi connectivity index (χ0v) is 9.69. The Morgan fingerprint density at radius 3 is 2.67 bits per heavy atom. The van der Waals surface area contributed by atoms with E-state index in [2.05, 4.69) is 15.9 Å². The number of carboxylic acids is 1. The minimum absolute atomic E-state index is 0.301. The first kappa shape index (κ1) is 12.0. The van der Waals surface area contributed by atoms with Crippen LogP contribution in [0.2, 0.25) is 0 Å². The molecule has 0 aromatic heterocycles. The van der Waals surface area contributed by atoms with Crippen LogP contribution in [0.1, 0.15) is 6.92 Å². The van der Waals surface area contributed by atoms with E-state index in [9.17, 15) is 9.90 Å². The molecule has 4 nitrogen and oxygen atoms in total. The SMILES string of the molecule is CC(O)(COc1ccccc1Br)C(=O)O. The molecule has 0 radical (unpaired) electrons. The van der Waals surface area contributed by atoms with Crippen LogP contribution >= 0.6 is 15.9 Å². The third-order valence-corrected chi connectivity index (χ3v) is 2.46. The molecule has 0 saturated heterocycles. The van der Waals surface area contributed by atoms with Crippen molar-refractivity contribution < 1.29 is 19.7 Å². The topological polar surface area (TPSA) is 66.8 Å². The molecule has 1 aromatic rings. The summed E-state index contributed by atoms with van der Waals surface area (Å²) >= 11 is 3.25. The van der Waals surface area contributed by atoms with Crippen molar-refractivity contribution in [3.05, 3.63) is 28.7 Å². The van der Waals surface area contributed by atoms with Crippen molar-refractivity contribution >= 4 is 21.9 Å². The van der Waals surface area contributed by atoms with Gasteiger partial charge in [0.1, 0.15) is 12.4 Å². The fraction of sp³-hybridized carbons (Fsp3) is 0.300. The minimum Gasteiger partial charge on any atom is -0.489 e. The van der Waals surface area contributed by atoms with E-state index in [-0.39, 0.29) is 6.61 Å². The van der Waals surface area contributed by atoms with Crippen LogP contribution in [0.15, 0.2) is 28.7 Å². The number of rotatable bonds is 4. The first-order chi connectivity index (χ1) is 6.93. The molecule has 1 rings (SSSR count). The maximum atomic E-state index is 10.6. The van der Waals surface area contributed by atoms with E-state index < -0.39 is 11.6 Å². The second kappa shape index (κ2) is 4.63. The van der Waals surface area contributed by atoms with E-state index in [1.807, 2.05) is 6.07 Å². The van der Waals surface area contributed by atoms with Crippen LogP contribution in [-0.2, 0) is 4.79 Å². The van der Waals surface area contributed by atoms with Gasteiger partial charge in [-0.15, -0.1) is 0 Å². The van der Waals surface area contributed by atoms with Crippen LogP contribution in [0.5, 0.6) is 5.75 Å². The molecule has 0 bridgehead atoms. The molecular weight excluding hydrogens is 264 g/mol. The van der Waals surface area contributed by atoms with E-state index in [1.165, 1.54) is 6.92 Å². The number of aliphatic carboxylic acids is 1. The summed E-state index contributed by atoms with van der Waals surface area (Å²) in [4.78, 5) is 10.6. The van der Waals surface area contributed by atoms with Crippen LogP contribution in [0, 0.1) is 0 Å². The van der Waals surface area contributed by atoms with Gasteiger partial charge < -0.3 is 14.9 Å². The summed E-state index contributed by atoms with van der Waals surface area (Å²) in [6, 6.07) is 7.02. The van der Waals surface area contributed by atoms with E-state index in [1.54, 1.807) is 18.2 Å². The van der Waals surface area contributed by atoms with Gasteiger partial charge in [0.05, 0.1) is 4.47 Å². The fourth-order valence-corrected chi connectivity index (χ4v) is 1.24. The summed E-state index contributed by atoms with van der Waals surface area (Å²) in [5, 5.41) is 18.1. The number of para-hydroxylation sites is 1. The molecule has 0 heterocycles. The molecule has 0 spiro atoms. The Balaban J connectivity index is 2.66. The first-order valence-electron chi connectivity index (χ1n) is 4.26. The number of benzene rings is 1. The lowest BCUT2D eigenvalue weighted by Crippen LogP contribution is -2.41. The predicted molar refractivity (Wildman–Crippen MR) is 57.9 cm³/mol. The summed E-state index contributed by atoms with van der Waals surface area (Å²) in [5.41, 5.74) is -1.88. The lowest BCUT2D eigenvalue weighted by Gasteiger charge is -2.18. The lowest BCUT2D eigenvalue weighted by molar-refractivity contribution is -0.159. The maximum Gasteiger partial charge on any atom is 0.339 e. The van der Waals surface area contributed by atoms with Gasteiger partial charge in [-0.3, -0.25) is 0 Å². The number of hydrogen-bond donors (Lipinski definition) is 2. The van der Waals surface area contributed by atoms with Crippen LogP contribution < -0.4 is 4.74 Å². The Kier molecular flexibility index (Phi) is 3.71. The molecule has 1 unspecified atom stereocenters. The van der Waals surface area contributed by atoms with Crippen molar-refractivity contribution in [2.24, 2.45) is 0 Å². The van der Waals surface area contributed by atoms with Gasteiger partial charge in [-0.2, -0.15) is 0 Å². The van der Waals surface area contributed by atoms with Gasteiger partial charge in [-0.05, 0) is 35.0 Å². The standard InChI is InChI=1S/C10H11BrO4/c1-10(14,9(12)13)6-15-8-5-3-2-4-7(8)11/h2-5,14H,6H2,1H3,(H,12,13). The number of carbonyl (C=O) groups is 1. The van der Waals surface area contributed by atoms with Gasteiger partial charge in [0, 0.05) is 0 Å². The van der Waals surface area contributed by atoms with Crippen molar-refractivity contribution in [1.82, 2.24) is 0 Å².